The van der Waals surface area contributed by atoms with Crippen molar-refractivity contribution in [3.05, 3.63) is 95.3 Å². The molecule has 0 spiro atoms. The molecule has 3 aromatic rings. The van der Waals surface area contributed by atoms with Crippen molar-refractivity contribution in [1.29, 1.82) is 0 Å². The number of benzene rings is 3. The first-order chi connectivity index (χ1) is 21.0. The van der Waals surface area contributed by atoms with Crippen LogP contribution in [-0.2, 0) is 15.9 Å². The van der Waals surface area contributed by atoms with Crippen molar-refractivity contribution in [2.45, 2.75) is 71.2 Å². The van der Waals surface area contributed by atoms with Gasteiger partial charge in [0.15, 0.2) is 23.3 Å². The molecule has 44 heavy (non-hydrogen) atoms. The zero-order valence-corrected chi connectivity index (χ0v) is 24.2. The van der Waals surface area contributed by atoms with E-state index in [-0.39, 0.29) is 17.3 Å². The van der Waals surface area contributed by atoms with Crippen molar-refractivity contribution < 1.29 is 49.5 Å². The van der Waals surface area contributed by atoms with Crippen molar-refractivity contribution >= 4 is 18.7 Å². The minimum absolute atomic E-state index is 0.0360. The average molecular weight is 634 g/mol. The molecule has 0 bridgehead atoms. The van der Waals surface area contributed by atoms with Gasteiger partial charge in [-0.05, 0) is 30.7 Å². The lowest BCUT2D eigenvalue weighted by Crippen LogP contribution is -2.42. The zero-order valence-electron chi connectivity index (χ0n) is 24.2. The Morgan fingerprint density at radius 3 is 1.68 bits per heavy atom. The van der Waals surface area contributed by atoms with E-state index in [1.807, 2.05) is 0 Å². The number of hydrogen-bond donors (Lipinski definition) is 2. The normalized spacial score (nSPS) is 11.1. The van der Waals surface area contributed by atoms with Crippen molar-refractivity contribution in [3.8, 4) is 0 Å². The first-order valence-electron chi connectivity index (χ1n) is 14.1. The Hall–Kier alpha value is -3.36. The highest BCUT2D eigenvalue weighted by Crippen LogP contribution is 2.29. The maximum absolute atomic E-state index is 13.4. The molecule has 3 aromatic carbocycles. The maximum Gasteiger partial charge on any atom is 0.636 e. The van der Waals surface area contributed by atoms with Crippen LogP contribution in [-0.4, -0.2) is 25.3 Å². The van der Waals surface area contributed by atoms with Crippen LogP contribution in [0, 0.1) is 29.1 Å². The van der Waals surface area contributed by atoms with Crippen LogP contribution in [0.4, 0.5) is 46.5 Å². The molecular weight excluding hydrogens is 599 g/mol. The average Bonchev–Trinajstić information content (AvgIpc) is 3.01. The highest BCUT2D eigenvalue weighted by molar-refractivity contribution is 6.34. The molecule has 0 fully saturated rings. The monoisotopic (exact) mass is 634 g/mol. The number of rotatable bonds is 16. The molecule has 14 heteroatoms. The van der Waals surface area contributed by atoms with Crippen LogP contribution >= 0.6 is 0 Å². The summed E-state index contributed by atoms with van der Waals surface area (Å²) in [6.45, 7) is 1.30. The first kappa shape index (κ1) is 36.8. The van der Waals surface area contributed by atoms with Gasteiger partial charge in [0.25, 0.3) is 0 Å². The number of anilines is 2. The largest absolute Gasteiger partial charge is 0.636 e. The van der Waals surface area contributed by atoms with Crippen molar-refractivity contribution in [2.24, 2.45) is 0 Å². The Morgan fingerprint density at radius 2 is 1.16 bits per heavy atom. The molecule has 3 rings (SSSR count). The zero-order chi connectivity index (χ0) is 32.5. The summed E-state index contributed by atoms with van der Waals surface area (Å²) in [4.78, 5) is 0. The highest BCUT2D eigenvalue weighted by Gasteiger charge is 2.38. The molecule has 5 nitrogen and oxygen atoms in total. The minimum Gasteiger partial charge on any atom is -0.402 e. The van der Waals surface area contributed by atoms with Gasteiger partial charge in [-0.3, -0.25) is 5.43 Å². The van der Waals surface area contributed by atoms with Crippen LogP contribution in [0.2, 0.25) is 0 Å². The molecule has 0 heterocycles. The topological polar surface area (TPSA) is 54.0 Å². The van der Waals surface area contributed by atoms with Gasteiger partial charge in [0.05, 0.1) is 23.5 Å². The molecule has 242 valence electrons. The summed E-state index contributed by atoms with van der Waals surface area (Å²) in [5.74, 6) is -10.3. The van der Waals surface area contributed by atoms with E-state index in [4.69, 9.17) is 4.65 Å². The summed E-state index contributed by atoms with van der Waals surface area (Å²) in [5.41, 5.74) is 1.60. The Labute approximate surface area is 251 Å². The van der Waals surface area contributed by atoms with E-state index in [0.29, 0.717) is 12.1 Å². The van der Waals surface area contributed by atoms with E-state index in [1.165, 1.54) is 37.8 Å². The number of alkyl halides is 3. The van der Waals surface area contributed by atoms with Gasteiger partial charge in [0, 0.05) is 6.61 Å². The van der Waals surface area contributed by atoms with Gasteiger partial charge in [-0.25, -0.2) is 22.0 Å². The van der Waals surface area contributed by atoms with Crippen molar-refractivity contribution in [3.63, 3.8) is 0 Å². The third-order valence-corrected chi connectivity index (χ3v) is 6.21. The van der Waals surface area contributed by atoms with E-state index in [2.05, 4.69) is 17.0 Å². The number of halogens is 8. The van der Waals surface area contributed by atoms with Gasteiger partial charge in [-0.15, -0.1) is 13.2 Å². The summed E-state index contributed by atoms with van der Waals surface area (Å²) in [7, 11) is -1.81. The summed E-state index contributed by atoms with van der Waals surface area (Å²) in [6.07, 6.45) is 4.05. The van der Waals surface area contributed by atoms with Crippen LogP contribution < -0.4 is 10.4 Å². The van der Waals surface area contributed by atoms with Gasteiger partial charge in [-0.1, -0.05) is 88.3 Å². The van der Waals surface area contributed by atoms with Gasteiger partial charge >= 0.3 is 13.6 Å². The molecule has 0 saturated heterocycles. The van der Waals surface area contributed by atoms with Gasteiger partial charge in [-0.2, -0.15) is 5.01 Å². The van der Waals surface area contributed by atoms with E-state index in [9.17, 15) is 40.1 Å². The molecule has 2 N–H and O–H groups in total. The first-order valence-corrected chi connectivity index (χ1v) is 14.1. The van der Waals surface area contributed by atoms with Gasteiger partial charge < -0.3 is 14.3 Å². The number of unbranched alkanes of at least 4 members (excludes halogenated alkanes) is 7. The van der Waals surface area contributed by atoms with E-state index in [0.717, 1.165) is 19.3 Å². The second-order valence-electron chi connectivity index (χ2n) is 9.63. The smallest absolute Gasteiger partial charge is 0.402 e. The molecular formula is C30H35BF8N2O3. The predicted octanol–water partition coefficient (Wildman–Crippen LogP) is 9.07. The lowest BCUT2D eigenvalue weighted by Gasteiger charge is -2.28. The fourth-order valence-corrected chi connectivity index (χ4v) is 3.89. The lowest BCUT2D eigenvalue weighted by molar-refractivity contribution is -0.125. The number of hydrazine groups is 1. The molecule has 0 saturated carbocycles. The van der Waals surface area contributed by atoms with Crippen LogP contribution in [0.15, 0.2) is 60.7 Å². The second-order valence-corrected chi connectivity index (χ2v) is 9.63. The standard InChI is InChI=1S/C17H24BF5O3.C13H11F3N2/c1-2-3-4-5-6-7-8-9-10-25-18(24)26-11-12-13(19)15(21)17(23)16(22)14(12)20;14-13(15,16)18(12-9-5-2-6-10-12)17-11-7-3-1-4-8-11/h24H,2-11H2,1H3;1-10,17H. The van der Waals surface area contributed by atoms with Crippen molar-refractivity contribution in [1.82, 2.24) is 0 Å². The summed E-state index contributed by atoms with van der Waals surface area (Å²) < 4.78 is 114. The SMILES string of the molecule is CCCCCCCCCCOB(O)OCc1c(F)c(F)c(F)c(F)c1F.FC(F)(F)N(Nc1ccccc1)c1ccccc1. The molecule has 0 aliphatic carbocycles. The Balaban J connectivity index is 0.000000326. The van der Waals surface area contributed by atoms with Crippen LogP contribution in [0.1, 0.15) is 63.9 Å². The molecule has 0 aliphatic heterocycles. The second kappa shape index (κ2) is 19.1. The number of nitrogens with zero attached hydrogens (tertiary/aromatic N) is 1. The molecule has 0 amide bonds. The van der Waals surface area contributed by atoms with Gasteiger partial charge in [0.2, 0.25) is 5.82 Å². The Bertz CT molecular complexity index is 1210. The van der Waals surface area contributed by atoms with Crippen molar-refractivity contribution in [2.75, 3.05) is 17.0 Å². The number of hydrogen-bond acceptors (Lipinski definition) is 5. The van der Waals surface area contributed by atoms with E-state index < -0.39 is 54.9 Å². The maximum atomic E-state index is 13.4. The summed E-state index contributed by atoms with van der Waals surface area (Å²) in [5, 5.41) is 9.62. The van der Waals surface area contributed by atoms with E-state index in [1.54, 1.807) is 48.5 Å². The number of nitrogens with one attached hydrogen (secondary N) is 1. The molecule has 0 atom stereocenters. The summed E-state index contributed by atoms with van der Waals surface area (Å²) in [6, 6.07) is 15.8. The molecule has 0 unspecified atom stereocenters. The van der Waals surface area contributed by atoms with E-state index >= 15 is 0 Å². The number of para-hydroxylation sites is 2. The minimum atomic E-state index is -4.50. The molecule has 0 radical (unpaired) electrons. The summed E-state index contributed by atoms with van der Waals surface area (Å²) >= 11 is 0. The predicted molar refractivity (Wildman–Crippen MR) is 153 cm³/mol. The lowest BCUT2D eigenvalue weighted by atomic mass is 10.1. The third-order valence-electron chi connectivity index (χ3n) is 6.21. The van der Waals surface area contributed by atoms with Crippen LogP contribution in [0.3, 0.4) is 0 Å². The fourth-order valence-electron chi connectivity index (χ4n) is 3.89. The molecule has 0 aliphatic rings. The van der Waals surface area contributed by atoms with Crippen LogP contribution in [0.25, 0.3) is 0 Å². The van der Waals surface area contributed by atoms with Gasteiger partial charge in [0.1, 0.15) is 0 Å². The molecule has 0 aromatic heterocycles. The Morgan fingerprint density at radius 1 is 0.682 bits per heavy atom. The van der Waals surface area contributed by atoms with Crippen LogP contribution in [0.5, 0.6) is 0 Å². The fraction of sp³-hybridized carbons (Fsp3) is 0.400. The quantitative estimate of drug-likeness (QED) is 0.0313. The highest BCUT2D eigenvalue weighted by atomic mass is 19.4. The third kappa shape index (κ3) is 12.3. The Kier molecular flexibility index (Phi) is 16.0.